The van der Waals surface area contributed by atoms with Crippen molar-refractivity contribution in [3.8, 4) is 11.4 Å². The average Bonchev–Trinajstić information content (AvgIpc) is 2.97. The third kappa shape index (κ3) is 4.56. The van der Waals surface area contributed by atoms with E-state index in [1.54, 1.807) is 0 Å². The molecule has 0 saturated carbocycles. The Kier molecular flexibility index (Phi) is 6.01. The number of aromatic nitrogens is 2. The zero-order valence-corrected chi connectivity index (χ0v) is 14.5. The van der Waals surface area contributed by atoms with Crippen molar-refractivity contribution in [2.24, 2.45) is 0 Å². The van der Waals surface area contributed by atoms with Gasteiger partial charge in [-0.15, -0.1) is 0 Å². The SMILES string of the molecule is CCCC1CN(CC(O)Cn2c(-c3ccccc3)noc2=O)CCO1. The van der Waals surface area contributed by atoms with Gasteiger partial charge in [-0.2, -0.15) is 0 Å². The Morgan fingerprint density at radius 3 is 2.88 bits per heavy atom. The van der Waals surface area contributed by atoms with Crippen LogP contribution in [0.3, 0.4) is 0 Å². The predicted octanol–water partition coefficient (Wildman–Crippen LogP) is 1.37. The third-order valence-electron chi connectivity index (χ3n) is 4.41. The molecule has 0 spiro atoms. The summed E-state index contributed by atoms with van der Waals surface area (Å²) in [7, 11) is 0. The first-order valence-electron chi connectivity index (χ1n) is 8.81. The van der Waals surface area contributed by atoms with Gasteiger partial charge in [0.1, 0.15) is 0 Å². The molecule has 3 rings (SSSR count). The quantitative estimate of drug-likeness (QED) is 0.815. The molecule has 0 radical (unpaired) electrons. The Hall–Kier alpha value is -1.96. The first-order chi connectivity index (χ1) is 12.2. The monoisotopic (exact) mass is 347 g/mol. The van der Waals surface area contributed by atoms with Crippen molar-refractivity contribution in [3.63, 3.8) is 0 Å². The van der Waals surface area contributed by atoms with Crippen molar-refractivity contribution >= 4 is 0 Å². The summed E-state index contributed by atoms with van der Waals surface area (Å²) in [4.78, 5) is 14.2. The maximum atomic E-state index is 12.0. The number of hydrogen-bond acceptors (Lipinski definition) is 6. The minimum Gasteiger partial charge on any atom is -0.390 e. The van der Waals surface area contributed by atoms with Gasteiger partial charge in [-0.3, -0.25) is 14.0 Å². The van der Waals surface area contributed by atoms with E-state index in [9.17, 15) is 9.90 Å². The van der Waals surface area contributed by atoms with Crippen LogP contribution in [0.5, 0.6) is 0 Å². The van der Waals surface area contributed by atoms with Gasteiger partial charge in [-0.1, -0.05) is 48.8 Å². The maximum absolute atomic E-state index is 12.0. The Morgan fingerprint density at radius 2 is 2.12 bits per heavy atom. The van der Waals surface area contributed by atoms with Crippen molar-refractivity contribution in [2.75, 3.05) is 26.2 Å². The van der Waals surface area contributed by atoms with Crippen LogP contribution in [-0.2, 0) is 11.3 Å². The molecule has 2 heterocycles. The lowest BCUT2D eigenvalue weighted by molar-refractivity contribution is -0.0451. The van der Waals surface area contributed by atoms with Crippen molar-refractivity contribution in [2.45, 2.75) is 38.5 Å². The molecule has 7 heteroatoms. The van der Waals surface area contributed by atoms with Crippen molar-refractivity contribution < 1.29 is 14.4 Å². The molecule has 2 unspecified atom stereocenters. The van der Waals surface area contributed by atoms with Gasteiger partial charge in [0.2, 0.25) is 0 Å². The number of aliphatic hydroxyl groups excluding tert-OH is 1. The van der Waals surface area contributed by atoms with Crippen LogP contribution in [0.4, 0.5) is 0 Å². The number of hydrogen-bond donors (Lipinski definition) is 1. The highest BCUT2D eigenvalue weighted by molar-refractivity contribution is 5.54. The van der Waals surface area contributed by atoms with E-state index in [2.05, 4.69) is 17.0 Å². The van der Waals surface area contributed by atoms with E-state index < -0.39 is 11.9 Å². The van der Waals surface area contributed by atoms with E-state index in [1.165, 1.54) is 4.57 Å². The molecule has 2 aromatic rings. The average molecular weight is 347 g/mol. The van der Waals surface area contributed by atoms with Gasteiger partial charge in [0.25, 0.3) is 0 Å². The molecule has 1 aromatic carbocycles. The Balaban J connectivity index is 1.64. The molecule has 1 aromatic heterocycles. The lowest BCUT2D eigenvalue weighted by Crippen LogP contribution is -2.46. The lowest BCUT2D eigenvalue weighted by atomic mass is 10.1. The van der Waals surface area contributed by atoms with Crippen LogP contribution in [-0.4, -0.2) is 58.2 Å². The topological polar surface area (TPSA) is 80.7 Å². The fourth-order valence-corrected chi connectivity index (χ4v) is 3.23. The summed E-state index contributed by atoms with van der Waals surface area (Å²) in [5.74, 6) is -0.112. The minimum atomic E-state index is -0.681. The summed E-state index contributed by atoms with van der Waals surface area (Å²) in [6, 6.07) is 9.36. The number of ether oxygens (including phenoxy) is 1. The normalized spacial score (nSPS) is 19.8. The zero-order valence-electron chi connectivity index (χ0n) is 14.5. The van der Waals surface area contributed by atoms with Crippen LogP contribution in [0.1, 0.15) is 19.8 Å². The van der Waals surface area contributed by atoms with E-state index in [1.807, 2.05) is 30.3 Å². The van der Waals surface area contributed by atoms with Gasteiger partial charge in [0, 0.05) is 25.2 Å². The third-order valence-corrected chi connectivity index (χ3v) is 4.41. The molecule has 0 aliphatic carbocycles. The summed E-state index contributed by atoms with van der Waals surface area (Å²) >= 11 is 0. The van der Waals surface area contributed by atoms with Gasteiger partial charge >= 0.3 is 5.76 Å². The largest absolute Gasteiger partial charge is 0.441 e. The number of benzene rings is 1. The van der Waals surface area contributed by atoms with Crippen molar-refractivity contribution in [1.82, 2.24) is 14.6 Å². The van der Waals surface area contributed by atoms with E-state index >= 15 is 0 Å². The van der Waals surface area contributed by atoms with Crippen LogP contribution >= 0.6 is 0 Å². The predicted molar refractivity (Wildman–Crippen MR) is 93.3 cm³/mol. The number of aliphatic hydroxyl groups is 1. The summed E-state index contributed by atoms with van der Waals surface area (Å²) in [5.41, 5.74) is 0.787. The Morgan fingerprint density at radius 1 is 1.32 bits per heavy atom. The second-order valence-corrected chi connectivity index (χ2v) is 6.44. The standard InChI is InChI=1S/C18H25N3O4/c1-2-6-16-13-20(9-10-24-16)11-15(22)12-21-17(19-25-18(21)23)14-7-4-3-5-8-14/h3-5,7-8,15-16,22H,2,6,9-13H2,1H3. The molecular formula is C18H25N3O4. The molecule has 1 saturated heterocycles. The van der Waals surface area contributed by atoms with E-state index in [0.29, 0.717) is 19.0 Å². The Labute approximate surface area is 146 Å². The number of nitrogens with zero attached hydrogens (tertiary/aromatic N) is 3. The first kappa shape index (κ1) is 17.8. The molecule has 25 heavy (non-hydrogen) atoms. The summed E-state index contributed by atoms with van der Waals surface area (Å²) < 4.78 is 11.9. The lowest BCUT2D eigenvalue weighted by Gasteiger charge is -2.34. The van der Waals surface area contributed by atoms with Gasteiger partial charge in [-0.05, 0) is 6.42 Å². The molecule has 1 N–H and O–H groups in total. The van der Waals surface area contributed by atoms with E-state index in [-0.39, 0.29) is 12.6 Å². The second kappa shape index (κ2) is 8.42. The molecular weight excluding hydrogens is 322 g/mol. The van der Waals surface area contributed by atoms with Gasteiger partial charge in [0.05, 0.1) is 25.4 Å². The second-order valence-electron chi connectivity index (χ2n) is 6.44. The molecule has 0 bridgehead atoms. The molecule has 1 aliphatic heterocycles. The number of morpholine rings is 1. The van der Waals surface area contributed by atoms with Crippen LogP contribution in [0, 0.1) is 0 Å². The van der Waals surface area contributed by atoms with E-state index in [4.69, 9.17) is 9.26 Å². The van der Waals surface area contributed by atoms with E-state index in [0.717, 1.165) is 31.5 Å². The van der Waals surface area contributed by atoms with Crippen molar-refractivity contribution in [3.05, 3.63) is 40.9 Å². The van der Waals surface area contributed by atoms with Gasteiger partial charge < -0.3 is 9.84 Å². The fourth-order valence-electron chi connectivity index (χ4n) is 3.23. The highest BCUT2D eigenvalue weighted by Gasteiger charge is 2.23. The number of β-amino-alcohol motifs (C(OH)–C–C–N with tert-alkyl or cyclic N) is 1. The highest BCUT2D eigenvalue weighted by atomic mass is 16.5. The van der Waals surface area contributed by atoms with Crippen LogP contribution < -0.4 is 5.76 Å². The summed E-state index contributed by atoms with van der Waals surface area (Å²) in [6.07, 6.45) is 1.65. The van der Waals surface area contributed by atoms with Crippen LogP contribution in [0.2, 0.25) is 0 Å². The molecule has 1 aliphatic rings. The van der Waals surface area contributed by atoms with Crippen LogP contribution in [0.25, 0.3) is 11.4 Å². The van der Waals surface area contributed by atoms with Crippen molar-refractivity contribution in [1.29, 1.82) is 0 Å². The Bertz CT molecular complexity index is 711. The molecule has 1 fully saturated rings. The van der Waals surface area contributed by atoms with Gasteiger partial charge in [0.15, 0.2) is 5.82 Å². The minimum absolute atomic E-state index is 0.155. The van der Waals surface area contributed by atoms with Gasteiger partial charge in [-0.25, -0.2) is 4.79 Å². The smallest absolute Gasteiger partial charge is 0.390 e. The summed E-state index contributed by atoms with van der Waals surface area (Å²) in [5, 5.41) is 14.3. The summed E-state index contributed by atoms with van der Waals surface area (Å²) in [6.45, 7) is 5.08. The molecule has 0 amide bonds. The molecule has 2 atom stereocenters. The maximum Gasteiger partial charge on any atom is 0.441 e. The molecule has 136 valence electrons. The first-order valence-corrected chi connectivity index (χ1v) is 8.81. The molecule has 7 nitrogen and oxygen atoms in total. The highest BCUT2D eigenvalue weighted by Crippen LogP contribution is 2.16. The van der Waals surface area contributed by atoms with Crippen LogP contribution in [0.15, 0.2) is 39.6 Å². The zero-order chi connectivity index (χ0) is 17.6. The number of rotatable bonds is 7. The fraction of sp³-hybridized carbons (Fsp3) is 0.556.